The second kappa shape index (κ2) is 7.91. The lowest BCUT2D eigenvalue weighted by molar-refractivity contribution is -0.137. The molecule has 3 atom stereocenters. The summed E-state index contributed by atoms with van der Waals surface area (Å²) in [6.45, 7) is 5.04. The summed E-state index contributed by atoms with van der Waals surface area (Å²) in [4.78, 5) is 11.4. The third-order valence-electron chi connectivity index (χ3n) is 6.22. The zero-order valence-electron chi connectivity index (χ0n) is 18.1. The molecule has 2 bridgehead atoms. The van der Waals surface area contributed by atoms with E-state index < -0.39 is 5.60 Å². The van der Waals surface area contributed by atoms with Crippen LogP contribution in [0.1, 0.15) is 39.2 Å². The van der Waals surface area contributed by atoms with E-state index in [0.29, 0.717) is 11.5 Å². The van der Waals surface area contributed by atoms with Gasteiger partial charge in [0, 0.05) is 36.1 Å². The Labute approximate surface area is 186 Å². The molecule has 2 aliphatic carbocycles. The number of ether oxygens (including phenoxy) is 2. The number of carbonyl (C=O) groups excluding carboxylic acids is 1. The molecule has 32 heavy (non-hydrogen) atoms. The van der Waals surface area contributed by atoms with Gasteiger partial charge in [-0.15, -0.1) is 0 Å². The normalized spacial score (nSPS) is 24.7. The number of carbonyl (C=O) groups is 1. The van der Waals surface area contributed by atoms with E-state index in [4.69, 9.17) is 9.47 Å². The molecule has 3 aliphatic rings. The summed E-state index contributed by atoms with van der Waals surface area (Å²) in [5, 5.41) is 31.8. The maximum absolute atomic E-state index is 11.4. The van der Waals surface area contributed by atoms with Crippen LogP contribution in [-0.4, -0.2) is 17.6 Å². The zero-order chi connectivity index (χ0) is 23.0. The molecule has 0 amide bonds. The van der Waals surface area contributed by atoms with Crippen molar-refractivity contribution in [1.29, 1.82) is 15.8 Å². The fraction of sp³-hybridized carbons (Fsp3) is 0.360. The van der Waals surface area contributed by atoms with E-state index in [1.54, 1.807) is 0 Å². The van der Waals surface area contributed by atoms with Crippen molar-refractivity contribution in [2.75, 3.05) is 5.32 Å². The highest BCUT2D eigenvalue weighted by Gasteiger charge is 2.44. The standard InChI is InChI=1S/C25H22N4O3/c1-14(30)31-21-10-16-6-9-19(21)23(16)29-18-7-4-15(5-8-18)22-20(13-28)24(17(11-26)12-27)32-25(22,2)3/h4-5,7-8,10,16,19,23,29H,6,9H2,1-3H3. The van der Waals surface area contributed by atoms with Gasteiger partial charge in [0.25, 0.3) is 0 Å². The molecule has 3 unspecified atom stereocenters. The highest BCUT2D eigenvalue weighted by molar-refractivity contribution is 5.84. The summed E-state index contributed by atoms with van der Waals surface area (Å²) in [7, 11) is 0. The van der Waals surface area contributed by atoms with Crippen LogP contribution in [0.15, 0.2) is 53.0 Å². The Morgan fingerprint density at radius 1 is 1.16 bits per heavy atom. The summed E-state index contributed by atoms with van der Waals surface area (Å²) in [6.07, 6.45) is 4.10. The highest BCUT2D eigenvalue weighted by atomic mass is 16.5. The van der Waals surface area contributed by atoms with Crippen LogP contribution >= 0.6 is 0 Å². The number of benzene rings is 1. The van der Waals surface area contributed by atoms with Crippen LogP contribution in [0.3, 0.4) is 0 Å². The third kappa shape index (κ3) is 3.51. The molecule has 4 rings (SSSR count). The number of nitriles is 3. The largest absolute Gasteiger partial charge is 0.480 e. The van der Waals surface area contributed by atoms with E-state index in [1.165, 1.54) is 6.92 Å². The second-order valence-electron chi connectivity index (χ2n) is 8.66. The Morgan fingerprint density at radius 3 is 2.44 bits per heavy atom. The van der Waals surface area contributed by atoms with Gasteiger partial charge < -0.3 is 14.8 Å². The van der Waals surface area contributed by atoms with Crippen LogP contribution in [0.4, 0.5) is 5.69 Å². The van der Waals surface area contributed by atoms with Gasteiger partial charge in [0.2, 0.25) is 0 Å². The maximum atomic E-state index is 11.4. The SMILES string of the molecule is CC(=O)OC1=CC2CCC1C2Nc1ccc(C2=C(C#N)C(=C(C#N)C#N)OC2(C)C)cc1. The molecule has 7 heteroatoms. The number of hydrogen-bond acceptors (Lipinski definition) is 7. The van der Waals surface area contributed by atoms with Gasteiger partial charge in [-0.05, 0) is 50.5 Å². The minimum atomic E-state index is -0.859. The molecule has 1 fully saturated rings. The number of hydrogen-bond donors (Lipinski definition) is 1. The molecule has 160 valence electrons. The summed E-state index contributed by atoms with van der Waals surface area (Å²) in [6, 6.07) is 13.6. The molecule has 1 aromatic carbocycles. The molecule has 0 aromatic heterocycles. The van der Waals surface area contributed by atoms with E-state index in [-0.39, 0.29) is 34.8 Å². The number of rotatable bonds is 4. The Bertz CT molecular complexity index is 1180. The summed E-state index contributed by atoms with van der Waals surface area (Å²) >= 11 is 0. The minimum Gasteiger partial charge on any atom is -0.480 e. The van der Waals surface area contributed by atoms with E-state index in [9.17, 15) is 20.6 Å². The predicted molar refractivity (Wildman–Crippen MR) is 116 cm³/mol. The third-order valence-corrected chi connectivity index (χ3v) is 6.22. The average Bonchev–Trinajstić information content (AvgIpc) is 3.37. The predicted octanol–water partition coefficient (Wildman–Crippen LogP) is 4.34. The first-order valence-corrected chi connectivity index (χ1v) is 10.4. The van der Waals surface area contributed by atoms with Crippen molar-refractivity contribution in [3.05, 3.63) is 58.6 Å². The van der Waals surface area contributed by atoms with Crippen molar-refractivity contribution >= 4 is 17.2 Å². The zero-order valence-corrected chi connectivity index (χ0v) is 18.1. The van der Waals surface area contributed by atoms with Crippen LogP contribution in [0.5, 0.6) is 0 Å². The maximum Gasteiger partial charge on any atom is 0.307 e. The Kier molecular flexibility index (Phi) is 5.25. The topological polar surface area (TPSA) is 119 Å². The molecule has 0 saturated heterocycles. The molecule has 0 spiro atoms. The van der Waals surface area contributed by atoms with Crippen molar-refractivity contribution in [2.45, 2.75) is 45.3 Å². The Hall–Kier alpha value is -4.02. The van der Waals surface area contributed by atoms with Gasteiger partial charge >= 0.3 is 5.97 Å². The molecule has 1 aliphatic heterocycles. The lowest BCUT2D eigenvalue weighted by Gasteiger charge is -2.23. The van der Waals surface area contributed by atoms with Crippen molar-refractivity contribution in [3.8, 4) is 18.2 Å². The number of anilines is 1. The van der Waals surface area contributed by atoms with Crippen molar-refractivity contribution < 1.29 is 14.3 Å². The quantitative estimate of drug-likeness (QED) is 0.562. The number of nitrogens with zero attached hydrogens (tertiary/aromatic N) is 3. The Morgan fingerprint density at radius 2 is 1.84 bits per heavy atom. The molecule has 1 N–H and O–H groups in total. The molecule has 7 nitrogen and oxygen atoms in total. The molecule has 1 aromatic rings. The lowest BCUT2D eigenvalue weighted by atomic mass is 9.89. The first-order valence-electron chi connectivity index (χ1n) is 10.4. The highest BCUT2D eigenvalue weighted by Crippen LogP contribution is 2.47. The molecule has 1 heterocycles. The van der Waals surface area contributed by atoms with Crippen LogP contribution in [0.25, 0.3) is 5.57 Å². The van der Waals surface area contributed by atoms with Crippen LogP contribution in [-0.2, 0) is 14.3 Å². The smallest absolute Gasteiger partial charge is 0.307 e. The number of nitrogens with one attached hydrogen (secondary N) is 1. The molecule has 0 radical (unpaired) electrons. The second-order valence-corrected chi connectivity index (χ2v) is 8.66. The van der Waals surface area contributed by atoms with Gasteiger partial charge in [-0.1, -0.05) is 12.1 Å². The summed E-state index contributed by atoms with van der Waals surface area (Å²) < 4.78 is 11.2. The van der Waals surface area contributed by atoms with Crippen molar-refractivity contribution in [1.82, 2.24) is 0 Å². The van der Waals surface area contributed by atoms with Crippen LogP contribution in [0, 0.1) is 45.8 Å². The van der Waals surface area contributed by atoms with Gasteiger partial charge in [-0.2, -0.15) is 15.8 Å². The minimum absolute atomic E-state index is 0.0336. The average molecular weight is 426 g/mol. The lowest BCUT2D eigenvalue weighted by Crippen LogP contribution is -2.26. The number of fused-ring (bicyclic) bond motifs is 2. The summed E-state index contributed by atoms with van der Waals surface area (Å²) in [5.41, 5.74) is 1.49. The van der Waals surface area contributed by atoms with E-state index in [2.05, 4.69) is 17.5 Å². The van der Waals surface area contributed by atoms with Crippen molar-refractivity contribution in [2.24, 2.45) is 11.8 Å². The van der Waals surface area contributed by atoms with Crippen LogP contribution < -0.4 is 5.32 Å². The number of esters is 1. The van der Waals surface area contributed by atoms with Gasteiger partial charge in [0.1, 0.15) is 35.1 Å². The van der Waals surface area contributed by atoms with Gasteiger partial charge in [-0.3, -0.25) is 4.79 Å². The first-order chi connectivity index (χ1) is 15.3. The molecule has 1 saturated carbocycles. The van der Waals surface area contributed by atoms with Gasteiger partial charge in [0.05, 0.1) is 0 Å². The van der Waals surface area contributed by atoms with Crippen LogP contribution in [0.2, 0.25) is 0 Å². The van der Waals surface area contributed by atoms with E-state index >= 15 is 0 Å². The van der Waals surface area contributed by atoms with Gasteiger partial charge in [-0.25, -0.2) is 0 Å². The molecular weight excluding hydrogens is 404 g/mol. The fourth-order valence-electron chi connectivity index (χ4n) is 4.95. The van der Waals surface area contributed by atoms with E-state index in [0.717, 1.165) is 29.9 Å². The molecular formula is C25H22N4O3. The fourth-order valence-corrected chi connectivity index (χ4v) is 4.95. The monoisotopic (exact) mass is 426 g/mol. The number of allylic oxidation sites excluding steroid dienone is 2. The van der Waals surface area contributed by atoms with Crippen molar-refractivity contribution in [3.63, 3.8) is 0 Å². The Balaban J connectivity index is 1.60. The first kappa shape index (κ1) is 21.2. The summed E-state index contributed by atoms with van der Waals surface area (Å²) in [5.74, 6) is 1.01. The van der Waals surface area contributed by atoms with Gasteiger partial charge in [0.15, 0.2) is 11.3 Å². The van der Waals surface area contributed by atoms with E-state index in [1.807, 2.05) is 50.3 Å².